The van der Waals surface area contributed by atoms with Crippen molar-refractivity contribution >= 4 is 5.97 Å². The van der Waals surface area contributed by atoms with Gasteiger partial charge in [-0.1, -0.05) is 17.2 Å². The Morgan fingerprint density at radius 3 is 2.43 bits per heavy atom. The van der Waals surface area contributed by atoms with Crippen molar-refractivity contribution in [3.63, 3.8) is 0 Å². The molecule has 2 unspecified atom stereocenters. The number of hydrogen-bond donors (Lipinski definition) is 0. The fourth-order valence-corrected chi connectivity index (χ4v) is 0.768. The highest BCUT2D eigenvalue weighted by molar-refractivity contribution is 5.76. The second kappa shape index (κ2) is 6.59. The Hall–Kier alpha value is -1.91. The van der Waals surface area contributed by atoms with Crippen molar-refractivity contribution in [1.29, 1.82) is 0 Å². The summed E-state index contributed by atoms with van der Waals surface area (Å²) in [6.45, 7) is 3.28. The van der Waals surface area contributed by atoms with E-state index >= 15 is 0 Å². The van der Waals surface area contributed by atoms with Crippen LogP contribution in [0.1, 0.15) is 13.8 Å². The van der Waals surface area contributed by atoms with Gasteiger partial charge < -0.3 is 4.74 Å². The lowest BCUT2D eigenvalue weighted by Crippen LogP contribution is -2.30. The number of esters is 1. The van der Waals surface area contributed by atoms with Crippen LogP contribution in [-0.2, 0) is 9.53 Å². The van der Waals surface area contributed by atoms with Crippen LogP contribution < -0.4 is 0 Å². The number of nitrogens with zero attached hydrogens (tertiary/aromatic N) is 6. The molecule has 0 amide bonds. The standard InChI is InChI=1S/C6H10N6O2/c1-3-14-6(13)5(10-12-8)4(2)9-11-7/h4-5H,3H2,1-2H3. The average molecular weight is 198 g/mol. The van der Waals surface area contributed by atoms with Crippen LogP contribution in [-0.4, -0.2) is 24.7 Å². The summed E-state index contributed by atoms with van der Waals surface area (Å²) >= 11 is 0. The van der Waals surface area contributed by atoms with Gasteiger partial charge >= 0.3 is 5.97 Å². The first-order valence-corrected chi connectivity index (χ1v) is 3.92. The van der Waals surface area contributed by atoms with Crippen LogP contribution in [0.3, 0.4) is 0 Å². The van der Waals surface area contributed by atoms with Crippen molar-refractivity contribution in [3.8, 4) is 0 Å². The summed E-state index contributed by atoms with van der Waals surface area (Å²) in [6.07, 6.45) is 0. The molecule has 0 bridgehead atoms. The highest BCUT2D eigenvalue weighted by Gasteiger charge is 2.24. The molecule has 0 aliphatic carbocycles. The summed E-state index contributed by atoms with van der Waals surface area (Å²) < 4.78 is 4.64. The van der Waals surface area contributed by atoms with Gasteiger partial charge in [-0.3, -0.25) is 4.79 Å². The van der Waals surface area contributed by atoms with Gasteiger partial charge in [-0.05, 0) is 18.0 Å². The van der Waals surface area contributed by atoms with Gasteiger partial charge in [-0.2, -0.15) is 0 Å². The summed E-state index contributed by atoms with van der Waals surface area (Å²) in [5.41, 5.74) is 16.3. The maximum absolute atomic E-state index is 11.2. The number of rotatable bonds is 5. The van der Waals surface area contributed by atoms with Crippen LogP contribution in [0.15, 0.2) is 10.2 Å². The molecule has 14 heavy (non-hydrogen) atoms. The number of hydrogen-bond acceptors (Lipinski definition) is 4. The third-order valence-electron chi connectivity index (χ3n) is 1.39. The lowest BCUT2D eigenvalue weighted by molar-refractivity contribution is -0.145. The van der Waals surface area contributed by atoms with Crippen LogP contribution >= 0.6 is 0 Å². The number of ether oxygens (including phenoxy) is 1. The molecule has 0 N–H and O–H groups in total. The first-order valence-electron chi connectivity index (χ1n) is 3.92. The first-order chi connectivity index (χ1) is 6.67. The highest BCUT2D eigenvalue weighted by Crippen LogP contribution is 2.06. The van der Waals surface area contributed by atoms with Crippen LogP contribution in [0.4, 0.5) is 0 Å². The van der Waals surface area contributed by atoms with Crippen molar-refractivity contribution in [3.05, 3.63) is 20.9 Å². The molecule has 0 spiro atoms. The Morgan fingerprint density at radius 1 is 1.43 bits per heavy atom. The van der Waals surface area contributed by atoms with E-state index in [4.69, 9.17) is 11.1 Å². The smallest absolute Gasteiger partial charge is 0.315 e. The van der Waals surface area contributed by atoms with E-state index in [-0.39, 0.29) is 6.61 Å². The van der Waals surface area contributed by atoms with Crippen LogP contribution in [0.25, 0.3) is 20.9 Å². The maximum atomic E-state index is 11.2. The molecule has 0 rings (SSSR count). The lowest BCUT2D eigenvalue weighted by atomic mass is 10.2. The van der Waals surface area contributed by atoms with Crippen LogP contribution in [0.2, 0.25) is 0 Å². The number of carbonyl (C=O) groups is 1. The molecule has 0 aromatic rings. The minimum Gasteiger partial charge on any atom is -0.466 e. The van der Waals surface area contributed by atoms with Gasteiger partial charge in [0.25, 0.3) is 0 Å². The molecule has 76 valence electrons. The molecule has 8 heteroatoms. The van der Waals surface area contributed by atoms with Gasteiger partial charge in [0.1, 0.15) is 6.04 Å². The van der Waals surface area contributed by atoms with Gasteiger partial charge in [0.2, 0.25) is 0 Å². The predicted molar refractivity (Wildman–Crippen MR) is 48.2 cm³/mol. The van der Waals surface area contributed by atoms with Crippen molar-refractivity contribution in [2.45, 2.75) is 25.9 Å². The van der Waals surface area contributed by atoms with E-state index in [0.29, 0.717) is 0 Å². The van der Waals surface area contributed by atoms with E-state index in [1.54, 1.807) is 6.92 Å². The zero-order chi connectivity index (χ0) is 11.0. The van der Waals surface area contributed by atoms with Crippen molar-refractivity contribution in [1.82, 2.24) is 0 Å². The third-order valence-corrected chi connectivity index (χ3v) is 1.39. The monoisotopic (exact) mass is 198 g/mol. The molecule has 0 aliphatic rings. The SMILES string of the molecule is CCOC(=O)C(N=[N+]=[N-])C(C)N=[N+]=[N-]. The van der Waals surface area contributed by atoms with E-state index in [0.717, 1.165) is 0 Å². The van der Waals surface area contributed by atoms with Crippen molar-refractivity contribution < 1.29 is 9.53 Å². The third kappa shape index (κ3) is 3.66. The van der Waals surface area contributed by atoms with Crippen molar-refractivity contribution in [2.75, 3.05) is 6.61 Å². The van der Waals surface area contributed by atoms with E-state index in [2.05, 4.69) is 24.8 Å². The molecular formula is C6H10N6O2. The molecule has 0 radical (unpaired) electrons. The summed E-state index contributed by atoms with van der Waals surface area (Å²) in [4.78, 5) is 16.2. The summed E-state index contributed by atoms with van der Waals surface area (Å²) in [5, 5.41) is 6.46. The molecule has 0 aromatic carbocycles. The topological polar surface area (TPSA) is 124 Å². The predicted octanol–water partition coefficient (Wildman–Crippen LogP) is 1.93. The maximum Gasteiger partial charge on any atom is 0.315 e. The number of azide groups is 2. The van der Waals surface area contributed by atoms with Gasteiger partial charge in [0.05, 0.1) is 12.6 Å². The van der Waals surface area contributed by atoms with Crippen molar-refractivity contribution in [2.24, 2.45) is 10.2 Å². The van der Waals surface area contributed by atoms with E-state index in [9.17, 15) is 4.79 Å². The Balaban J connectivity index is 4.65. The molecule has 2 atom stereocenters. The lowest BCUT2D eigenvalue weighted by Gasteiger charge is -2.12. The fourth-order valence-electron chi connectivity index (χ4n) is 0.768. The zero-order valence-electron chi connectivity index (χ0n) is 7.86. The molecule has 0 aliphatic heterocycles. The van der Waals surface area contributed by atoms with Gasteiger partial charge in [-0.25, -0.2) is 0 Å². The fraction of sp³-hybridized carbons (Fsp3) is 0.833. The normalized spacial score (nSPS) is 13.0. The largest absolute Gasteiger partial charge is 0.466 e. The average Bonchev–Trinajstić information content (AvgIpc) is 2.14. The second-order valence-electron chi connectivity index (χ2n) is 2.35. The van der Waals surface area contributed by atoms with Crippen LogP contribution in [0, 0.1) is 0 Å². The van der Waals surface area contributed by atoms with Gasteiger partial charge in [0, 0.05) is 9.82 Å². The number of carbonyl (C=O) groups excluding carboxylic acids is 1. The summed E-state index contributed by atoms with van der Waals surface area (Å²) in [6, 6.07) is -1.86. The van der Waals surface area contributed by atoms with E-state index in [1.165, 1.54) is 6.92 Å². The van der Waals surface area contributed by atoms with Crippen LogP contribution in [0.5, 0.6) is 0 Å². The molecule has 0 saturated carbocycles. The van der Waals surface area contributed by atoms with Gasteiger partial charge in [-0.15, -0.1) is 0 Å². The quantitative estimate of drug-likeness (QED) is 0.289. The summed E-state index contributed by atoms with van der Waals surface area (Å²) in [5.74, 6) is -0.690. The minimum absolute atomic E-state index is 0.180. The summed E-state index contributed by atoms with van der Waals surface area (Å²) in [7, 11) is 0. The Kier molecular flexibility index (Phi) is 5.69. The Morgan fingerprint density at radius 2 is 2.00 bits per heavy atom. The minimum atomic E-state index is -1.10. The molecule has 0 aromatic heterocycles. The zero-order valence-corrected chi connectivity index (χ0v) is 7.86. The van der Waals surface area contributed by atoms with E-state index in [1.807, 2.05) is 0 Å². The Bertz CT molecular complexity index is 291. The second-order valence-corrected chi connectivity index (χ2v) is 2.35. The highest BCUT2D eigenvalue weighted by atomic mass is 16.5. The molecular weight excluding hydrogens is 188 g/mol. The molecule has 0 fully saturated rings. The van der Waals surface area contributed by atoms with E-state index < -0.39 is 18.1 Å². The molecule has 0 saturated heterocycles. The first kappa shape index (κ1) is 12.1. The van der Waals surface area contributed by atoms with Gasteiger partial charge in [0.15, 0.2) is 0 Å². The molecule has 8 nitrogen and oxygen atoms in total. The Labute approximate surface area is 80.1 Å². The molecule has 0 heterocycles.